The van der Waals surface area contributed by atoms with Crippen LogP contribution in [0.4, 0.5) is 0 Å². The van der Waals surface area contributed by atoms with Crippen LogP contribution in [-0.4, -0.2) is 6.54 Å². The van der Waals surface area contributed by atoms with E-state index in [1.165, 1.54) is 10.4 Å². The molecule has 0 aliphatic rings. The van der Waals surface area contributed by atoms with Gasteiger partial charge in [-0.3, -0.25) is 0 Å². The molecule has 0 aromatic carbocycles. The predicted octanol–water partition coefficient (Wildman–Crippen LogP) is 2.77. The van der Waals surface area contributed by atoms with Gasteiger partial charge in [0.15, 0.2) is 0 Å². The number of thiophene rings is 1. The van der Waals surface area contributed by atoms with E-state index in [9.17, 15) is 0 Å². The van der Waals surface area contributed by atoms with E-state index in [4.69, 9.17) is 17.3 Å². The van der Waals surface area contributed by atoms with Gasteiger partial charge in [0.2, 0.25) is 0 Å². The molecule has 1 aromatic rings. The van der Waals surface area contributed by atoms with Crippen molar-refractivity contribution in [1.29, 1.82) is 0 Å². The molecule has 0 aliphatic carbocycles. The molecule has 1 heterocycles. The van der Waals surface area contributed by atoms with E-state index in [1.54, 1.807) is 11.3 Å². The third-order valence-electron chi connectivity index (χ3n) is 1.73. The molecule has 0 bridgehead atoms. The third-order valence-corrected chi connectivity index (χ3v) is 3.32. The highest BCUT2D eigenvalue weighted by atomic mass is 35.5. The van der Waals surface area contributed by atoms with Gasteiger partial charge < -0.3 is 5.73 Å². The van der Waals surface area contributed by atoms with Crippen molar-refractivity contribution in [3.63, 3.8) is 0 Å². The molecule has 3 heteroatoms. The predicted molar refractivity (Wildman–Crippen MR) is 51.5 cm³/mol. The Morgan fingerprint density at radius 3 is 2.73 bits per heavy atom. The lowest BCUT2D eigenvalue weighted by molar-refractivity contribution is 0.785. The lowest BCUT2D eigenvalue weighted by Gasteiger charge is -2.05. The van der Waals surface area contributed by atoms with Gasteiger partial charge in [-0.2, -0.15) is 0 Å². The van der Waals surface area contributed by atoms with Gasteiger partial charge in [0, 0.05) is 10.8 Å². The summed E-state index contributed by atoms with van der Waals surface area (Å²) >= 11 is 7.48. The molecular formula is C8H12ClNS. The second-order valence-corrected chi connectivity index (χ2v) is 4.45. The van der Waals surface area contributed by atoms with Gasteiger partial charge in [-0.1, -0.05) is 18.5 Å². The summed E-state index contributed by atoms with van der Waals surface area (Å²) in [7, 11) is 0. The zero-order chi connectivity index (χ0) is 8.43. The second-order valence-electron chi connectivity index (χ2n) is 2.73. The Labute approximate surface area is 76.2 Å². The van der Waals surface area contributed by atoms with Crippen molar-refractivity contribution in [3.8, 4) is 0 Å². The highest BCUT2D eigenvalue weighted by molar-refractivity contribution is 7.16. The van der Waals surface area contributed by atoms with Gasteiger partial charge in [-0.05, 0) is 25.1 Å². The van der Waals surface area contributed by atoms with Crippen molar-refractivity contribution in [3.05, 3.63) is 20.8 Å². The van der Waals surface area contributed by atoms with Crippen LogP contribution in [0.15, 0.2) is 6.07 Å². The van der Waals surface area contributed by atoms with E-state index in [1.807, 2.05) is 6.07 Å². The molecular weight excluding hydrogens is 178 g/mol. The first kappa shape index (κ1) is 9.04. The van der Waals surface area contributed by atoms with E-state index in [0.717, 1.165) is 4.34 Å². The smallest absolute Gasteiger partial charge is 0.0934 e. The summed E-state index contributed by atoms with van der Waals surface area (Å²) in [4.78, 5) is 1.32. The fraction of sp³-hybridized carbons (Fsp3) is 0.500. The minimum atomic E-state index is 0.437. The van der Waals surface area contributed by atoms with Crippen molar-refractivity contribution in [2.24, 2.45) is 5.73 Å². The molecule has 0 saturated heterocycles. The van der Waals surface area contributed by atoms with E-state index in [0.29, 0.717) is 12.5 Å². The lowest BCUT2D eigenvalue weighted by atomic mass is 10.1. The fourth-order valence-electron chi connectivity index (χ4n) is 1.05. The van der Waals surface area contributed by atoms with Crippen LogP contribution in [0.2, 0.25) is 4.34 Å². The Morgan fingerprint density at radius 2 is 2.36 bits per heavy atom. The summed E-state index contributed by atoms with van der Waals surface area (Å²) in [6.07, 6.45) is 0. The molecule has 0 radical (unpaired) electrons. The maximum absolute atomic E-state index is 5.84. The van der Waals surface area contributed by atoms with Gasteiger partial charge in [-0.15, -0.1) is 11.3 Å². The standard InChI is InChI=1S/C8H12ClNS/c1-5-3-7(9)11-8(5)6(2)4-10/h3,6H,4,10H2,1-2H3. The zero-order valence-electron chi connectivity index (χ0n) is 6.73. The largest absolute Gasteiger partial charge is 0.330 e. The van der Waals surface area contributed by atoms with Crippen molar-refractivity contribution in [2.75, 3.05) is 6.54 Å². The Morgan fingerprint density at radius 1 is 1.73 bits per heavy atom. The monoisotopic (exact) mass is 189 g/mol. The van der Waals surface area contributed by atoms with Crippen LogP contribution < -0.4 is 5.73 Å². The van der Waals surface area contributed by atoms with E-state index < -0.39 is 0 Å². The van der Waals surface area contributed by atoms with E-state index >= 15 is 0 Å². The minimum absolute atomic E-state index is 0.437. The minimum Gasteiger partial charge on any atom is -0.330 e. The Balaban J connectivity index is 2.93. The van der Waals surface area contributed by atoms with Crippen LogP contribution in [0, 0.1) is 6.92 Å². The van der Waals surface area contributed by atoms with Gasteiger partial charge in [0.25, 0.3) is 0 Å². The average molecular weight is 190 g/mol. The van der Waals surface area contributed by atoms with Crippen LogP contribution in [0.25, 0.3) is 0 Å². The zero-order valence-corrected chi connectivity index (χ0v) is 8.30. The molecule has 11 heavy (non-hydrogen) atoms. The Bertz CT molecular complexity index is 244. The van der Waals surface area contributed by atoms with Crippen LogP contribution in [0.3, 0.4) is 0 Å². The van der Waals surface area contributed by atoms with Gasteiger partial charge in [0.05, 0.1) is 4.34 Å². The number of hydrogen-bond acceptors (Lipinski definition) is 2. The average Bonchev–Trinajstić information content (AvgIpc) is 2.28. The van der Waals surface area contributed by atoms with Crippen molar-refractivity contribution < 1.29 is 0 Å². The lowest BCUT2D eigenvalue weighted by Crippen LogP contribution is -2.08. The molecule has 62 valence electrons. The quantitative estimate of drug-likeness (QED) is 0.761. The van der Waals surface area contributed by atoms with Crippen LogP contribution in [-0.2, 0) is 0 Å². The number of halogens is 1. The summed E-state index contributed by atoms with van der Waals surface area (Å²) < 4.78 is 0.859. The van der Waals surface area contributed by atoms with E-state index in [2.05, 4.69) is 13.8 Å². The molecule has 0 fully saturated rings. The molecule has 0 aliphatic heterocycles. The summed E-state index contributed by atoms with van der Waals surface area (Å²) in [6, 6.07) is 1.99. The molecule has 2 N–H and O–H groups in total. The highest BCUT2D eigenvalue weighted by Gasteiger charge is 2.09. The molecule has 1 atom stereocenters. The summed E-state index contributed by atoms with van der Waals surface area (Å²) in [5, 5.41) is 0. The van der Waals surface area contributed by atoms with Crippen LogP contribution in [0.1, 0.15) is 23.3 Å². The summed E-state index contributed by atoms with van der Waals surface area (Å²) in [6.45, 7) is 4.89. The van der Waals surface area contributed by atoms with Gasteiger partial charge >= 0.3 is 0 Å². The van der Waals surface area contributed by atoms with Gasteiger partial charge in [0.1, 0.15) is 0 Å². The number of hydrogen-bond donors (Lipinski definition) is 1. The van der Waals surface area contributed by atoms with E-state index in [-0.39, 0.29) is 0 Å². The summed E-state index contributed by atoms with van der Waals surface area (Å²) in [5.74, 6) is 0.437. The highest BCUT2D eigenvalue weighted by Crippen LogP contribution is 2.31. The first-order valence-corrected chi connectivity index (χ1v) is 4.80. The maximum atomic E-state index is 5.84. The van der Waals surface area contributed by atoms with Crippen LogP contribution in [0.5, 0.6) is 0 Å². The second kappa shape index (κ2) is 3.57. The SMILES string of the molecule is Cc1cc(Cl)sc1C(C)CN. The van der Waals surface area contributed by atoms with Crippen LogP contribution >= 0.6 is 22.9 Å². The van der Waals surface area contributed by atoms with Gasteiger partial charge in [-0.25, -0.2) is 0 Å². The Kier molecular flexibility index (Phi) is 2.93. The summed E-state index contributed by atoms with van der Waals surface area (Å²) in [5.41, 5.74) is 6.81. The molecule has 1 aromatic heterocycles. The fourth-order valence-corrected chi connectivity index (χ4v) is 2.43. The van der Waals surface area contributed by atoms with Crippen molar-refractivity contribution in [2.45, 2.75) is 19.8 Å². The maximum Gasteiger partial charge on any atom is 0.0934 e. The first-order valence-electron chi connectivity index (χ1n) is 3.61. The molecule has 0 saturated carbocycles. The van der Waals surface area contributed by atoms with Crippen molar-refractivity contribution in [1.82, 2.24) is 0 Å². The molecule has 1 nitrogen and oxygen atoms in total. The number of rotatable bonds is 2. The molecule has 1 unspecified atom stereocenters. The number of aryl methyl sites for hydroxylation is 1. The first-order chi connectivity index (χ1) is 5.15. The topological polar surface area (TPSA) is 26.0 Å². The van der Waals surface area contributed by atoms with Crippen molar-refractivity contribution >= 4 is 22.9 Å². The molecule has 1 rings (SSSR count). The number of nitrogens with two attached hydrogens (primary N) is 1. The normalized spacial score (nSPS) is 13.5. The Hall–Kier alpha value is -0.0500. The molecule has 0 spiro atoms. The third kappa shape index (κ3) is 1.95. The molecule has 0 amide bonds.